The van der Waals surface area contributed by atoms with E-state index in [9.17, 15) is 14.4 Å². The molecule has 2 aromatic heterocycles. The number of benzene rings is 2. The van der Waals surface area contributed by atoms with Crippen LogP contribution in [-0.4, -0.2) is 62.4 Å². The van der Waals surface area contributed by atoms with Gasteiger partial charge < -0.3 is 33.3 Å². The number of halogens is 1. The third-order valence-corrected chi connectivity index (χ3v) is 13.1. The van der Waals surface area contributed by atoms with Crippen molar-refractivity contribution < 1.29 is 37.8 Å². The number of esters is 1. The number of nitrogens with zero attached hydrogens (tertiary/aromatic N) is 1. The monoisotopic (exact) mass is 626 g/mol. The van der Waals surface area contributed by atoms with Gasteiger partial charge in [0.15, 0.2) is 12.4 Å². The van der Waals surface area contributed by atoms with Gasteiger partial charge in [0.05, 0.1) is 23.9 Å². The summed E-state index contributed by atoms with van der Waals surface area (Å²) in [7, 11) is -1.01. The number of ether oxygens (including phenoxy) is 2. The summed E-state index contributed by atoms with van der Waals surface area (Å²) in [4.78, 5) is 43.0. The molecule has 0 bridgehead atoms. The number of H-pyrrole nitrogens is 1. The van der Waals surface area contributed by atoms with Crippen LogP contribution in [0.2, 0.25) is 18.1 Å². The van der Waals surface area contributed by atoms with Gasteiger partial charge >= 0.3 is 11.9 Å². The van der Waals surface area contributed by atoms with Crippen molar-refractivity contribution in [3.63, 3.8) is 0 Å². The maximum Gasteiger partial charge on any atom is 0.341 e. The minimum absolute atomic E-state index is 0.0944. The molecule has 2 N–H and O–H groups in total. The van der Waals surface area contributed by atoms with Crippen LogP contribution in [0.15, 0.2) is 34.7 Å². The molecular weight excluding hydrogens is 592 g/mol. The molecule has 43 heavy (non-hydrogen) atoms. The number of fused-ring (bicyclic) bond motifs is 4. The Morgan fingerprint density at radius 1 is 1.19 bits per heavy atom. The molecule has 3 heterocycles. The van der Waals surface area contributed by atoms with E-state index in [1.807, 2.05) is 13.0 Å². The second-order valence-corrected chi connectivity index (χ2v) is 17.3. The minimum atomic E-state index is -2.35. The predicted octanol–water partition coefficient (Wildman–Crippen LogP) is 6.84. The van der Waals surface area contributed by atoms with Crippen LogP contribution in [0, 0.1) is 6.92 Å². The normalized spacial score (nSPS) is 15.2. The Kier molecular flexibility index (Phi) is 7.76. The van der Waals surface area contributed by atoms with Crippen LogP contribution in [0.3, 0.4) is 0 Å². The summed E-state index contributed by atoms with van der Waals surface area (Å²) >= 11 is 6.50. The zero-order valence-corrected chi connectivity index (χ0v) is 27.0. The molecule has 5 rings (SSSR count). The average Bonchev–Trinajstić information content (AvgIpc) is 3.62. The molecule has 1 atom stereocenters. The Morgan fingerprint density at radius 2 is 1.91 bits per heavy atom. The Hall–Kier alpha value is -3.96. The summed E-state index contributed by atoms with van der Waals surface area (Å²) in [5, 5.41) is 10.0. The number of carboxylic acids is 1. The van der Waals surface area contributed by atoms with Gasteiger partial charge in [0, 0.05) is 40.9 Å². The number of hydrogen-bond donors (Lipinski definition) is 2. The first kappa shape index (κ1) is 30.5. The lowest BCUT2D eigenvalue weighted by Gasteiger charge is -2.36. The summed E-state index contributed by atoms with van der Waals surface area (Å²) in [6, 6.07) is 8.30. The van der Waals surface area contributed by atoms with Crippen molar-refractivity contribution in [1.82, 2.24) is 4.98 Å². The fourth-order valence-electron chi connectivity index (χ4n) is 5.21. The maximum absolute atomic E-state index is 14.1. The largest absolute Gasteiger partial charge is 0.542 e. The van der Waals surface area contributed by atoms with Crippen molar-refractivity contribution in [3.8, 4) is 11.5 Å². The Morgan fingerprint density at radius 3 is 2.53 bits per heavy atom. The number of aromatic nitrogens is 1. The summed E-state index contributed by atoms with van der Waals surface area (Å²) in [6.45, 7) is 12.3. The number of carbonyl (C=O) groups is 3. The lowest BCUT2D eigenvalue weighted by atomic mass is 9.95. The van der Waals surface area contributed by atoms with Crippen molar-refractivity contribution in [2.24, 2.45) is 0 Å². The molecule has 0 radical (unpaired) electrons. The lowest BCUT2D eigenvalue weighted by molar-refractivity contribution is -0.139. The van der Waals surface area contributed by atoms with Crippen molar-refractivity contribution in [2.45, 2.75) is 51.7 Å². The molecule has 0 spiro atoms. The number of furan rings is 1. The number of nitrogens with one attached hydrogen (secondary N) is 1. The highest BCUT2D eigenvalue weighted by atomic mass is 35.5. The number of methoxy groups -OCH3 is 1. The van der Waals surface area contributed by atoms with E-state index in [0.29, 0.717) is 50.3 Å². The van der Waals surface area contributed by atoms with Crippen LogP contribution in [-0.2, 0) is 9.53 Å². The first-order chi connectivity index (χ1) is 20.2. The Labute approximate surface area is 255 Å². The Balaban J connectivity index is 1.66. The Bertz CT molecular complexity index is 1770. The predicted molar refractivity (Wildman–Crippen MR) is 167 cm³/mol. The molecule has 228 valence electrons. The van der Waals surface area contributed by atoms with Crippen molar-refractivity contribution in [2.75, 3.05) is 31.0 Å². The van der Waals surface area contributed by atoms with Gasteiger partial charge in [-0.3, -0.25) is 4.79 Å². The highest BCUT2D eigenvalue weighted by Gasteiger charge is 2.42. The highest BCUT2D eigenvalue weighted by Crippen LogP contribution is 2.49. The molecule has 2 aromatic carbocycles. The van der Waals surface area contributed by atoms with Crippen LogP contribution in [0.5, 0.6) is 11.5 Å². The zero-order chi connectivity index (χ0) is 31.4. The summed E-state index contributed by atoms with van der Waals surface area (Å²) < 4.78 is 23.2. The molecule has 1 aliphatic heterocycles. The van der Waals surface area contributed by atoms with Crippen molar-refractivity contribution >= 4 is 65.3 Å². The fourth-order valence-corrected chi connectivity index (χ4v) is 6.48. The van der Waals surface area contributed by atoms with E-state index in [1.165, 1.54) is 7.11 Å². The lowest BCUT2D eigenvalue weighted by Crippen LogP contribution is -2.44. The van der Waals surface area contributed by atoms with Gasteiger partial charge in [-0.05, 0) is 54.9 Å². The van der Waals surface area contributed by atoms with Gasteiger partial charge in [0.25, 0.3) is 14.2 Å². The number of carboxylic acid groups (broad SMARTS) is 1. The number of amides is 1. The van der Waals surface area contributed by atoms with Crippen molar-refractivity contribution in [1.29, 1.82) is 0 Å². The number of carbonyl (C=O) groups excluding carboxylic acids is 2. The molecule has 0 aliphatic carbocycles. The van der Waals surface area contributed by atoms with E-state index in [4.69, 9.17) is 35.0 Å². The zero-order valence-electron chi connectivity index (χ0n) is 25.2. The third-order valence-electron chi connectivity index (χ3n) is 8.40. The number of hydrogen-bond acceptors (Lipinski definition) is 7. The smallest absolute Gasteiger partial charge is 0.341 e. The molecule has 10 nitrogen and oxygen atoms in total. The first-order valence-electron chi connectivity index (χ1n) is 13.9. The quantitative estimate of drug-likeness (QED) is 0.123. The second-order valence-electron chi connectivity index (χ2n) is 12.3. The van der Waals surface area contributed by atoms with Crippen LogP contribution in [0.25, 0.3) is 21.9 Å². The van der Waals surface area contributed by atoms with E-state index in [0.717, 1.165) is 5.56 Å². The van der Waals surface area contributed by atoms with E-state index < -0.39 is 26.9 Å². The average molecular weight is 627 g/mol. The molecule has 0 unspecified atom stereocenters. The fraction of sp³-hybridized carbons (Fsp3) is 0.387. The van der Waals surface area contributed by atoms with Crippen LogP contribution in [0.4, 0.5) is 5.69 Å². The number of aryl methyl sites for hydroxylation is 1. The number of anilines is 1. The summed E-state index contributed by atoms with van der Waals surface area (Å²) in [6.07, 6.45) is 0. The number of rotatable bonds is 8. The molecule has 12 heteroatoms. The van der Waals surface area contributed by atoms with E-state index >= 15 is 0 Å². The van der Waals surface area contributed by atoms with E-state index in [-0.39, 0.29) is 35.0 Å². The van der Waals surface area contributed by atoms with Crippen LogP contribution < -0.4 is 14.1 Å². The first-order valence-corrected chi connectivity index (χ1v) is 17.3. The molecule has 1 aliphatic rings. The SMILES string of the molecule is COC(=O)c1c(C)[nH]c2c(O[Si](C)(C)C(C)(C)C)cc3c(c12)[C@H](CCl)CN3C(=O)c1cc2cc(OCC(=O)O)ccc2o1. The van der Waals surface area contributed by atoms with E-state index in [2.05, 4.69) is 38.8 Å². The topological polar surface area (TPSA) is 131 Å². The molecular formula is C31H35ClN2O8Si. The van der Waals surface area contributed by atoms with Crippen LogP contribution >= 0.6 is 11.6 Å². The summed E-state index contributed by atoms with van der Waals surface area (Å²) in [5.41, 5.74) is 3.50. The van der Waals surface area contributed by atoms with Crippen molar-refractivity contribution in [3.05, 3.63) is 52.9 Å². The molecule has 0 saturated carbocycles. The minimum Gasteiger partial charge on any atom is -0.542 e. The molecule has 1 amide bonds. The molecule has 4 aromatic rings. The van der Waals surface area contributed by atoms with Crippen LogP contribution in [0.1, 0.15) is 58.9 Å². The maximum atomic E-state index is 14.1. The van der Waals surface area contributed by atoms with Gasteiger partial charge in [-0.15, -0.1) is 11.6 Å². The summed E-state index contributed by atoms with van der Waals surface area (Å²) in [5.74, 6) is -1.05. The number of alkyl halides is 1. The number of aliphatic carboxylic acids is 1. The third kappa shape index (κ3) is 5.36. The van der Waals surface area contributed by atoms with Gasteiger partial charge in [-0.2, -0.15) is 0 Å². The molecule has 0 fully saturated rings. The molecule has 0 saturated heterocycles. The van der Waals surface area contributed by atoms with Gasteiger partial charge in [-0.25, -0.2) is 9.59 Å². The van der Waals surface area contributed by atoms with Gasteiger partial charge in [0.2, 0.25) is 0 Å². The number of aromatic amines is 1. The highest BCUT2D eigenvalue weighted by molar-refractivity contribution is 6.74. The standard InChI is InChI=1S/C31H35ClN2O8Si/c1-16-25(30(38)39-5)27-26-18(13-32)14-34(20(26)12-22(28(27)33-16)42-43(6,7)31(2,3)4)29(37)23-11-17-10-19(40-15-24(35)36)8-9-21(17)41-23/h8-12,18,33H,13-15H2,1-7H3,(H,35,36)/t18-/m1/s1. The van der Waals surface area contributed by atoms with Gasteiger partial charge in [0.1, 0.15) is 17.1 Å². The second kappa shape index (κ2) is 10.9. The van der Waals surface area contributed by atoms with E-state index in [1.54, 1.807) is 29.2 Å². The van der Waals surface area contributed by atoms with Gasteiger partial charge in [-0.1, -0.05) is 20.8 Å².